The van der Waals surface area contributed by atoms with E-state index < -0.39 is 18.0 Å². The summed E-state index contributed by atoms with van der Waals surface area (Å²) in [6, 6.07) is 0. The molecule has 0 unspecified atom stereocenters. The summed E-state index contributed by atoms with van der Waals surface area (Å²) in [5, 5.41) is 3.43. The van der Waals surface area contributed by atoms with Gasteiger partial charge in [-0.05, 0) is 25.8 Å². The van der Waals surface area contributed by atoms with Crippen LogP contribution in [0.2, 0.25) is 0 Å². The Morgan fingerprint density at radius 3 is 2.52 bits per heavy atom. The number of aryl methyl sites for hydroxylation is 2. The van der Waals surface area contributed by atoms with Crippen LogP contribution >= 0.6 is 0 Å². The summed E-state index contributed by atoms with van der Waals surface area (Å²) in [6.07, 6.45) is -4.19. The Kier molecular flexibility index (Phi) is 3.84. The molecule has 0 aliphatic heterocycles. The van der Waals surface area contributed by atoms with Crippen molar-refractivity contribution >= 4 is 11.7 Å². The van der Waals surface area contributed by atoms with Gasteiger partial charge in [0.2, 0.25) is 0 Å². The number of hydrogen-bond acceptors (Lipinski definition) is 5. The monoisotopic (exact) mass is 302 g/mol. The molecule has 0 saturated carbocycles. The van der Waals surface area contributed by atoms with Crippen molar-refractivity contribution in [1.82, 2.24) is 19.6 Å². The van der Waals surface area contributed by atoms with Gasteiger partial charge < -0.3 is 4.74 Å². The van der Waals surface area contributed by atoms with Crippen LogP contribution in [0.4, 0.5) is 13.2 Å². The lowest BCUT2D eigenvalue weighted by Crippen LogP contribution is -2.10. The number of hydrogen-bond donors (Lipinski definition) is 0. The average Bonchev–Trinajstić information content (AvgIpc) is 2.82. The second-order valence-corrected chi connectivity index (χ2v) is 4.48. The first kappa shape index (κ1) is 15.2. The van der Waals surface area contributed by atoms with Crippen LogP contribution in [0.25, 0.3) is 5.78 Å². The fourth-order valence-corrected chi connectivity index (χ4v) is 2.02. The second kappa shape index (κ2) is 5.30. The van der Waals surface area contributed by atoms with Crippen LogP contribution in [0.15, 0.2) is 0 Å². The Morgan fingerprint density at radius 2 is 1.95 bits per heavy atom. The lowest BCUT2D eigenvalue weighted by Gasteiger charge is -2.09. The van der Waals surface area contributed by atoms with E-state index in [-0.39, 0.29) is 12.2 Å². The quantitative estimate of drug-likeness (QED) is 0.810. The van der Waals surface area contributed by atoms with Crippen LogP contribution in [0.3, 0.4) is 0 Å². The molecule has 0 aromatic carbocycles. The minimum Gasteiger partial charge on any atom is -0.469 e. The molecule has 0 bridgehead atoms. The summed E-state index contributed by atoms with van der Waals surface area (Å²) in [6.45, 7) is 3.27. The number of carbonyl (C=O) groups is 1. The van der Waals surface area contributed by atoms with E-state index in [1.54, 1.807) is 13.8 Å². The summed E-state index contributed by atoms with van der Waals surface area (Å²) in [5.74, 6) is -1.75. The Hall–Kier alpha value is -2.19. The van der Waals surface area contributed by atoms with Crippen molar-refractivity contribution in [3.05, 3.63) is 22.8 Å². The first-order valence-corrected chi connectivity index (χ1v) is 6.11. The van der Waals surface area contributed by atoms with Gasteiger partial charge in [-0.25, -0.2) is 9.50 Å². The molecule has 2 aromatic rings. The van der Waals surface area contributed by atoms with E-state index in [0.29, 0.717) is 23.4 Å². The third-order valence-electron chi connectivity index (χ3n) is 3.11. The lowest BCUT2D eigenvalue weighted by molar-refractivity contribution is -0.144. The average molecular weight is 302 g/mol. The summed E-state index contributed by atoms with van der Waals surface area (Å²) in [7, 11) is 1.27. The Morgan fingerprint density at radius 1 is 1.29 bits per heavy atom. The van der Waals surface area contributed by atoms with E-state index in [4.69, 9.17) is 0 Å². The van der Waals surface area contributed by atoms with Gasteiger partial charge in [-0.3, -0.25) is 4.79 Å². The van der Waals surface area contributed by atoms with Gasteiger partial charge in [0.05, 0.1) is 7.11 Å². The highest BCUT2D eigenvalue weighted by molar-refractivity contribution is 5.69. The summed E-state index contributed by atoms with van der Waals surface area (Å²) in [5.41, 5.74) is 1.65. The molecule has 0 N–H and O–H groups in total. The maximum absolute atomic E-state index is 12.6. The minimum atomic E-state index is -4.62. The number of halogens is 3. The van der Waals surface area contributed by atoms with Crippen molar-refractivity contribution in [2.75, 3.05) is 7.11 Å². The van der Waals surface area contributed by atoms with Crippen molar-refractivity contribution in [3.8, 4) is 0 Å². The Labute approximate surface area is 118 Å². The van der Waals surface area contributed by atoms with E-state index in [2.05, 4.69) is 19.8 Å². The number of alkyl halides is 3. The normalized spacial score (nSPS) is 11.9. The molecule has 0 amide bonds. The minimum absolute atomic E-state index is 0.112. The highest BCUT2D eigenvalue weighted by Crippen LogP contribution is 2.27. The molecule has 0 radical (unpaired) electrons. The maximum Gasteiger partial charge on any atom is 0.453 e. The van der Waals surface area contributed by atoms with Gasteiger partial charge in [0, 0.05) is 17.8 Å². The molecule has 2 aromatic heterocycles. The standard InChI is InChI=1S/C12H13F3N4O2/c1-6-8(4-5-9(20)21-3)7(2)19-11(16-6)17-10(18-19)12(13,14)15/h4-5H2,1-3H3. The SMILES string of the molecule is COC(=O)CCc1c(C)nc2nc(C(F)(F)F)nn2c1C. The van der Waals surface area contributed by atoms with E-state index >= 15 is 0 Å². The largest absolute Gasteiger partial charge is 0.469 e. The number of fused-ring (bicyclic) bond motifs is 1. The van der Waals surface area contributed by atoms with E-state index in [1.165, 1.54) is 7.11 Å². The van der Waals surface area contributed by atoms with Crippen LogP contribution in [0.5, 0.6) is 0 Å². The molecule has 0 atom stereocenters. The van der Waals surface area contributed by atoms with Gasteiger partial charge in [0.15, 0.2) is 0 Å². The Balaban J connectivity index is 2.46. The van der Waals surface area contributed by atoms with E-state index in [0.717, 1.165) is 4.52 Å². The van der Waals surface area contributed by atoms with Crippen LogP contribution in [0.1, 0.15) is 29.2 Å². The van der Waals surface area contributed by atoms with Crippen molar-refractivity contribution in [1.29, 1.82) is 0 Å². The van der Waals surface area contributed by atoms with Crippen molar-refractivity contribution in [3.63, 3.8) is 0 Å². The zero-order chi connectivity index (χ0) is 15.8. The number of nitrogens with zero attached hydrogens (tertiary/aromatic N) is 4. The third kappa shape index (κ3) is 2.96. The van der Waals surface area contributed by atoms with E-state index in [9.17, 15) is 18.0 Å². The highest BCUT2D eigenvalue weighted by atomic mass is 19.4. The molecule has 0 aliphatic carbocycles. The molecule has 2 rings (SSSR count). The van der Waals surface area contributed by atoms with Crippen LogP contribution in [-0.2, 0) is 22.1 Å². The molecule has 6 nitrogen and oxygen atoms in total. The molecular weight excluding hydrogens is 289 g/mol. The first-order valence-electron chi connectivity index (χ1n) is 6.11. The van der Waals surface area contributed by atoms with Gasteiger partial charge >= 0.3 is 12.1 Å². The van der Waals surface area contributed by atoms with Crippen LogP contribution < -0.4 is 0 Å². The van der Waals surface area contributed by atoms with Crippen molar-refractivity contribution < 1.29 is 22.7 Å². The smallest absolute Gasteiger partial charge is 0.453 e. The number of carbonyl (C=O) groups excluding carboxylic acids is 1. The van der Waals surface area contributed by atoms with Gasteiger partial charge in [-0.15, -0.1) is 5.10 Å². The topological polar surface area (TPSA) is 69.4 Å². The molecule has 2 heterocycles. The van der Waals surface area contributed by atoms with Gasteiger partial charge in [-0.2, -0.15) is 18.2 Å². The number of ether oxygens (including phenoxy) is 1. The molecule has 0 saturated heterocycles. The molecule has 114 valence electrons. The summed E-state index contributed by atoms with van der Waals surface area (Å²) >= 11 is 0. The fraction of sp³-hybridized carbons (Fsp3) is 0.500. The van der Waals surface area contributed by atoms with Crippen LogP contribution in [0, 0.1) is 13.8 Å². The zero-order valence-corrected chi connectivity index (χ0v) is 11.7. The molecule has 0 spiro atoms. The maximum atomic E-state index is 12.6. The molecular formula is C12H13F3N4O2. The molecule has 9 heteroatoms. The number of methoxy groups -OCH3 is 1. The Bertz CT molecular complexity index is 694. The predicted molar refractivity (Wildman–Crippen MR) is 65.6 cm³/mol. The predicted octanol–water partition coefficient (Wildman–Crippen LogP) is 1.87. The molecule has 0 fully saturated rings. The fourth-order valence-electron chi connectivity index (χ4n) is 2.02. The van der Waals surface area contributed by atoms with Gasteiger partial charge in [0.25, 0.3) is 11.6 Å². The number of rotatable bonds is 3. The van der Waals surface area contributed by atoms with Gasteiger partial charge in [0.1, 0.15) is 0 Å². The zero-order valence-electron chi connectivity index (χ0n) is 11.7. The summed E-state index contributed by atoms with van der Waals surface area (Å²) in [4.78, 5) is 18.6. The summed E-state index contributed by atoms with van der Waals surface area (Å²) < 4.78 is 43.5. The van der Waals surface area contributed by atoms with Crippen LogP contribution in [-0.4, -0.2) is 32.7 Å². The first-order chi connectivity index (χ1) is 9.74. The highest BCUT2D eigenvalue weighted by Gasteiger charge is 2.36. The number of aromatic nitrogens is 4. The van der Waals surface area contributed by atoms with Crippen molar-refractivity contribution in [2.45, 2.75) is 32.9 Å². The number of esters is 1. The lowest BCUT2D eigenvalue weighted by atomic mass is 10.1. The van der Waals surface area contributed by atoms with Crippen molar-refractivity contribution in [2.24, 2.45) is 0 Å². The third-order valence-corrected chi connectivity index (χ3v) is 3.11. The van der Waals surface area contributed by atoms with Gasteiger partial charge in [-0.1, -0.05) is 0 Å². The molecule has 0 aliphatic rings. The molecule has 21 heavy (non-hydrogen) atoms. The second-order valence-electron chi connectivity index (χ2n) is 4.48. The van der Waals surface area contributed by atoms with E-state index in [1.807, 2.05) is 0 Å².